The Kier molecular flexibility index (Phi) is 6.41. The third-order valence-corrected chi connectivity index (χ3v) is 4.41. The van der Waals surface area contributed by atoms with Crippen LogP contribution >= 0.6 is 0 Å². The molecule has 2 aromatic rings. The van der Waals surface area contributed by atoms with Crippen LogP contribution < -0.4 is 24.8 Å². The number of hydrogen-bond acceptors (Lipinski definition) is 4. The van der Waals surface area contributed by atoms with Crippen LogP contribution in [0, 0.1) is 6.92 Å². The van der Waals surface area contributed by atoms with E-state index in [0.29, 0.717) is 13.2 Å². The largest absolute Gasteiger partial charge is 0.496 e. The fourth-order valence-electron chi connectivity index (χ4n) is 3.01. The third kappa shape index (κ3) is 5.06. The first kappa shape index (κ1) is 18.9. The molecule has 144 valence electrons. The third-order valence-electron chi connectivity index (χ3n) is 4.41. The highest BCUT2D eigenvalue weighted by Gasteiger charge is 2.20. The number of aliphatic imine (C=N–C) groups is 1. The lowest BCUT2D eigenvalue weighted by molar-refractivity contribution is 0.0936. The lowest BCUT2D eigenvalue weighted by atomic mass is 10.1. The maximum atomic E-state index is 5.96. The standard InChI is InChI=1S/C21H27N3O3/c1-15-8-9-18(25-3)16(12-15)10-11-23-21(22-2)24-13-17-14-26-19-6-4-5-7-20(19)27-17/h4-9,12,17H,10-11,13-14H2,1-3H3,(H2,22,23,24). The fraction of sp³-hybridized carbons (Fsp3) is 0.381. The van der Waals surface area contributed by atoms with E-state index in [-0.39, 0.29) is 6.10 Å². The molecule has 0 saturated carbocycles. The van der Waals surface area contributed by atoms with Gasteiger partial charge in [0.05, 0.1) is 13.7 Å². The zero-order valence-electron chi connectivity index (χ0n) is 16.1. The molecule has 1 atom stereocenters. The average molecular weight is 369 g/mol. The zero-order valence-corrected chi connectivity index (χ0v) is 16.1. The smallest absolute Gasteiger partial charge is 0.191 e. The summed E-state index contributed by atoms with van der Waals surface area (Å²) in [5, 5.41) is 6.63. The van der Waals surface area contributed by atoms with Crippen molar-refractivity contribution in [2.75, 3.05) is 33.9 Å². The Balaban J connectivity index is 1.46. The summed E-state index contributed by atoms with van der Waals surface area (Å²) in [6.07, 6.45) is 0.789. The molecule has 6 nitrogen and oxygen atoms in total. The number of aryl methyl sites for hydroxylation is 1. The fourth-order valence-corrected chi connectivity index (χ4v) is 3.01. The minimum Gasteiger partial charge on any atom is -0.496 e. The molecular formula is C21H27N3O3. The summed E-state index contributed by atoms with van der Waals surface area (Å²) >= 11 is 0. The molecule has 1 aliphatic rings. The first-order valence-electron chi connectivity index (χ1n) is 9.16. The molecular weight excluding hydrogens is 342 g/mol. The Hall–Kier alpha value is -2.89. The van der Waals surface area contributed by atoms with Crippen LogP contribution in [0.3, 0.4) is 0 Å². The molecule has 0 bridgehead atoms. The van der Waals surface area contributed by atoms with Gasteiger partial charge < -0.3 is 24.8 Å². The Bertz CT molecular complexity index is 792. The highest BCUT2D eigenvalue weighted by molar-refractivity contribution is 5.79. The first-order valence-corrected chi connectivity index (χ1v) is 9.16. The van der Waals surface area contributed by atoms with Gasteiger partial charge in [0, 0.05) is 13.6 Å². The van der Waals surface area contributed by atoms with Gasteiger partial charge in [0.2, 0.25) is 0 Å². The van der Waals surface area contributed by atoms with Crippen molar-refractivity contribution in [3.05, 3.63) is 53.6 Å². The summed E-state index contributed by atoms with van der Waals surface area (Å²) in [5.41, 5.74) is 2.41. The van der Waals surface area contributed by atoms with Crippen LogP contribution in [0.2, 0.25) is 0 Å². The summed E-state index contributed by atoms with van der Waals surface area (Å²) in [5.74, 6) is 3.23. The van der Waals surface area contributed by atoms with E-state index in [2.05, 4.69) is 34.7 Å². The lowest BCUT2D eigenvalue weighted by Gasteiger charge is -2.27. The summed E-state index contributed by atoms with van der Waals surface area (Å²) in [7, 11) is 3.46. The lowest BCUT2D eigenvalue weighted by Crippen LogP contribution is -2.45. The molecule has 6 heteroatoms. The summed E-state index contributed by atoms with van der Waals surface area (Å²) in [6, 6.07) is 13.9. The van der Waals surface area contributed by atoms with Gasteiger partial charge in [-0.1, -0.05) is 29.8 Å². The van der Waals surface area contributed by atoms with Crippen LogP contribution in [0.5, 0.6) is 17.2 Å². The highest BCUT2D eigenvalue weighted by atomic mass is 16.6. The average Bonchev–Trinajstić information content (AvgIpc) is 2.70. The number of nitrogens with one attached hydrogen (secondary N) is 2. The van der Waals surface area contributed by atoms with Gasteiger partial charge in [0.25, 0.3) is 0 Å². The van der Waals surface area contributed by atoms with Crippen LogP contribution in [0.15, 0.2) is 47.5 Å². The number of hydrogen-bond donors (Lipinski definition) is 2. The van der Waals surface area contributed by atoms with Gasteiger partial charge in [-0.25, -0.2) is 0 Å². The van der Waals surface area contributed by atoms with Crippen LogP contribution in [-0.2, 0) is 6.42 Å². The van der Waals surface area contributed by atoms with Crippen LogP contribution in [0.25, 0.3) is 0 Å². The number of fused-ring (bicyclic) bond motifs is 1. The number of nitrogens with zero attached hydrogens (tertiary/aromatic N) is 1. The van der Waals surface area contributed by atoms with E-state index in [9.17, 15) is 0 Å². The zero-order chi connectivity index (χ0) is 19.1. The van der Waals surface area contributed by atoms with Crippen LogP contribution in [0.4, 0.5) is 0 Å². The number of benzene rings is 2. The van der Waals surface area contributed by atoms with Crippen LogP contribution in [-0.4, -0.2) is 45.9 Å². The SMILES string of the molecule is CN=C(NCCc1cc(C)ccc1OC)NCC1COc2ccccc2O1. The first-order chi connectivity index (χ1) is 13.2. The Morgan fingerprint density at radius 2 is 2.00 bits per heavy atom. The number of rotatable bonds is 6. The van der Waals surface area contributed by atoms with E-state index >= 15 is 0 Å². The van der Waals surface area contributed by atoms with Crippen LogP contribution in [0.1, 0.15) is 11.1 Å². The normalized spacial score (nSPS) is 16.0. The number of ether oxygens (including phenoxy) is 3. The van der Waals surface area contributed by atoms with E-state index in [4.69, 9.17) is 14.2 Å². The predicted octanol–water partition coefficient (Wildman–Crippen LogP) is 2.55. The van der Waals surface area contributed by atoms with Gasteiger partial charge in [-0.2, -0.15) is 0 Å². The van der Waals surface area contributed by atoms with E-state index in [0.717, 1.165) is 36.2 Å². The molecule has 1 aliphatic heterocycles. The molecule has 2 N–H and O–H groups in total. The molecule has 2 aromatic carbocycles. The minimum absolute atomic E-state index is 0.0599. The highest BCUT2D eigenvalue weighted by Crippen LogP contribution is 2.30. The van der Waals surface area contributed by atoms with Crippen molar-refractivity contribution >= 4 is 5.96 Å². The summed E-state index contributed by atoms with van der Waals surface area (Å²) in [4.78, 5) is 4.27. The van der Waals surface area contributed by atoms with Crippen molar-refractivity contribution in [3.63, 3.8) is 0 Å². The number of methoxy groups -OCH3 is 1. The molecule has 27 heavy (non-hydrogen) atoms. The topological polar surface area (TPSA) is 64.1 Å². The van der Waals surface area contributed by atoms with Gasteiger partial charge in [0.1, 0.15) is 18.5 Å². The monoisotopic (exact) mass is 369 g/mol. The van der Waals surface area contributed by atoms with Gasteiger partial charge in [-0.3, -0.25) is 4.99 Å². The van der Waals surface area contributed by atoms with Gasteiger partial charge in [-0.05, 0) is 37.1 Å². The molecule has 1 heterocycles. The van der Waals surface area contributed by atoms with E-state index in [1.165, 1.54) is 11.1 Å². The Labute approximate surface area is 160 Å². The van der Waals surface area contributed by atoms with Crippen molar-refractivity contribution < 1.29 is 14.2 Å². The minimum atomic E-state index is -0.0599. The Morgan fingerprint density at radius 3 is 2.78 bits per heavy atom. The van der Waals surface area contributed by atoms with Crippen molar-refractivity contribution in [1.82, 2.24) is 10.6 Å². The quantitative estimate of drug-likeness (QED) is 0.605. The van der Waals surface area contributed by atoms with Gasteiger partial charge >= 0.3 is 0 Å². The maximum Gasteiger partial charge on any atom is 0.191 e. The second kappa shape index (κ2) is 9.16. The second-order valence-corrected chi connectivity index (χ2v) is 6.44. The van der Waals surface area contributed by atoms with Gasteiger partial charge in [-0.15, -0.1) is 0 Å². The molecule has 1 unspecified atom stereocenters. The number of para-hydroxylation sites is 2. The second-order valence-electron chi connectivity index (χ2n) is 6.44. The maximum absolute atomic E-state index is 5.96. The van der Waals surface area contributed by atoms with Crippen molar-refractivity contribution in [1.29, 1.82) is 0 Å². The molecule has 0 spiro atoms. The molecule has 0 aliphatic carbocycles. The van der Waals surface area contributed by atoms with E-state index < -0.39 is 0 Å². The van der Waals surface area contributed by atoms with Gasteiger partial charge in [0.15, 0.2) is 17.5 Å². The van der Waals surface area contributed by atoms with Crippen molar-refractivity contribution in [2.24, 2.45) is 4.99 Å². The number of guanidine groups is 1. The molecule has 0 radical (unpaired) electrons. The molecule has 0 aromatic heterocycles. The molecule has 3 rings (SSSR count). The summed E-state index contributed by atoms with van der Waals surface area (Å²) in [6.45, 7) is 3.97. The van der Waals surface area contributed by atoms with E-state index in [1.807, 2.05) is 30.3 Å². The predicted molar refractivity (Wildman–Crippen MR) is 107 cm³/mol. The molecule has 0 fully saturated rings. The summed E-state index contributed by atoms with van der Waals surface area (Å²) < 4.78 is 17.1. The van der Waals surface area contributed by atoms with Crippen molar-refractivity contribution in [3.8, 4) is 17.2 Å². The van der Waals surface area contributed by atoms with Crippen molar-refractivity contribution in [2.45, 2.75) is 19.4 Å². The molecule has 0 amide bonds. The Morgan fingerprint density at radius 1 is 1.19 bits per heavy atom. The molecule has 0 saturated heterocycles. The van der Waals surface area contributed by atoms with E-state index in [1.54, 1.807) is 14.2 Å².